The summed E-state index contributed by atoms with van der Waals surface area (Å²) in [5, 5.41) is 11.9. The Labute approximate surface area is 140 Å². The van der Waals surface area contributed by atoms with Gasteiger partial charge in [-0.2, -0.15) is 0 Å². The number of amides is 2. The maximum Gasteiger partial charge on any atom is 0.321 e. The van der Waals surface area contributed by atoms with Crippen molar-refractivity contribution in [3.63, 3.8) is 0 Å². The van der Waals surface area contributed by atoms with E-state index in [0.29, 0.717) is 43.0 Å². The highest BCUT2D eigenvalue weighted by atomic mass is 16.7. The number of urea groups is 1. The van der Waals surface area contributed by atoms with Crippen molar-refractivity contribution in [1.29, 1.82) is 0 Å². The summed E-state index contributed by atoms with van der Waals surface area (Å²) in [6.45, 7) is 4.64. The number of piperidine rings is 1. The monoisotopic (exact) mass is 334 g/mol. The van der Waals surface area contributed by atoms with Crippen molar-refractivity contribution < 1.29 is 24.2 Å². The minimum Gasteiger partial charge on any atom is -0.481 e. The minimum atomic E-state index is -0.852. The molecule has 2 atom stereocenters. The van der Waals surface area contributed by atoms with E-state index < -0.39 is 17.7 Å². The van der Waals surface area contributed by atoms with Gasteiger partial charge in [-0.1, -0.05) is 6.92 Å². The second-order valence-corrected chi connectivity index (χ2v) is 6.41. The van der Waals surface area contributed by atoms with Crippen molar-refractivity contribution in [3.05, 3.63) is 18.2 Å². The molecule has 24 heavy (non-hydrogen) atoms. The van der Waals surface area contributed by atoms with Gasteiger partial charge in [-0.25, -0.2) is 4.79 Å². The second-order valence-electron chi connectivity index (χ2n) is 6.41. The zero-order valence-corrected chi connectivity index (χ0v) is 13.9. The van der Waals surface area contributed by atoms with Crippen molar-refractivity contribution in [2.45, 2.75) is 38.9 Å². The van der Waals surface area contributed by atoms with Crippen LogP contribution in [0, 0.1) is 5.92 Å². The number of carboxylic acids is 1. The number of carboxylic acid groups (broad SMARTS) is 1. The van der Waals surface area contributed by atoms with Gasteiger partial charge in [-0.15, -0.1) is 0 Å². The predicted octanol–water partition coefficient (Wildman–Crippen LogP) is 2.91. The van der Waals surface area contributed by atoms with Crippen LogP contribution >= 0.6 is 0 Å². The normalized spacial score (nSPS) is 25.4. The van der Waals surface area contributed by atoms with Gasteiger partial charge in [0.2, 0.25) is 5.79 Å². The maximum absolute atomic E-state index is 12.4. The smallest absolute Gasteiger partial charge is 0.321 e. The van der Waals surface area contributed by atoms with Crippen LogP contribution in [0.25, 0.3) is 0 Å². The number of anilines is 1. The van der Waals surface area contributed by atoms with Crippen LogP contribution in [0.2, 0.25) is 0 Å². The number of fused-ring (bicyclic) bond motifs is 1. The predicted molar refractivity (Wildman–Crippen MR) is 87.3 cm³/mol. The van der Waals surface area contributed by atoms with Crippen molar-refractivity contribution >= 4 is 17.7 Å². The Bertz CT molecular complexity index is 662. The average molecular weight is 334 g/mol. The standard InChI is InChI=1S/C17H22N2O5/c1-3-17(2)23-13-7-6-12(9-14(13)24-17)18-16(22)19-8-4-5-11(10-19)15(20)21/h6-7,9,11H,3-5,8,10H2,1-2H3,(H,18,22)(H,20,21). The number of carbonyl (C=O) groups excluding carboxylic acids is 1. The summed E-state index contributed by atoms with van der Waals surface area (Å²) in [6, 6.07) is 4.95. The summed E-state index contributed by atoms with van der Waals surface area (Å²) in [4.78, 5) is 25.0. The first kappa shape index (κ1) is 16.4. The number of hydrogen-bond acceptors (Lipinski definition) is 4. The molecule has 2 heterocycles. The molecule has 0 radical (unpaired) electrons. The van der Waals surface area contributed by atoms with Crippen molar-refractivity contribution in [2.75, 3.05) is 18.4 Å². The van der Waals surface area contributed by atoms with E-state index in [2.05, 4.69) is 5.32 Å². The number of aliphatic carboxylic acids is 1. The van der Waals surface area contributed by atoms with Gasteiger partial charge in [0.1, 0.15) is 0 Å². The number of nitrogens with zero attached hydrogens (tertiary/aromatic N) is 1. The molecule has 2 amide bonds. The van der Waals surface area contributed by atoms with E-state index in [1.807, 2.05) is 13.8 Å². The molecular weight excluding hydrogens is 312 g/mol. The van der Waals surface area contributed by atoms with E-state index in [4.69, 9.17) is 14.6 Å². The van der Waals surface area contributed by atoms with Gasteiger partial charge in [0.15, 0.2) is 11.5 Å². The first-order chi connectivity index (χ1) is 11.4. The van der Waals surface area contributed by atoms with Crippen molar-refractivity contribution in [3.8, 4) is 11.5 Å². The average Bonchev–Trinajstić information content (AvgIpc) is 2.91. The summed E-state index contributed by atoms with van der Waals surface area (Å²) in [5.74, 6) is -0.770. The molecule has 1 saturated heterocycles. The highest BCUT2D eigenvalue weighted by Gasteiger charge is 2.35. The third kappa shape index (κ3) is 3.25. The molecule has 1 aromatic carbocycles. The zero-order valence-electron chi connectivity index (χ0n) is 13.9. The number of nitrogens with one attached hydrogen (secondary N) is 1. The van der Waals surface area contributed by atoms with Gasteiger partial charge in [0.25, 0.3) is 0 Å². The van der Waals surface area contributed by atoms with Gasteiger partial charge in [-0.05, 0) is 25.0 Å². The molecule has 3 rings (SSSR count). The Morgan fingerprint density at radius 3 is 2.83 bits per heavy atom. The fraction of sp³-hybridized carbons (Fsp3) is 0.529. The molecule has 1 aromatic rings. The van der Waals surface area contributed by atoms with E-state index in [-0.39, 0.29) is 12.6 Å². The molecule has 7 nitrogen and oxygen atoms in total. The molecule has 2 aliphatic heterocycles. The number of benzene rings is 1. The Morgan fingerprint density at radius 1 is 1.38 bits per heavy atom. The fourth-order valence-electron chi connectivity index (χ4n) is 2.95. The van der Waals surface area contributed by atoms with Crippen LogP contribution in [-0.2, 0) is 4.79 Å². The van der Waals surface area contributed by atoms with E-state index >= 15 is 0 Å². The zero-order chi connectivity index (χ0) is 17.3. The van der Waals surface area contributed by atoms with Gasteiger partial charge >= 0.3 is 12.0 Å². The summed E-state index contributed by atoms with van der Waals surface area (Å²) in [6.07, 6.45) is 2.01. The summed E-state index contributed by atoms with van der Waals surface area (Å²) < 4.78 is 11.5. The molecule has 0 bridgehead atoms. The van der Waals surface area contributed by atoms with Crippen LogP contribution in [0.1, 0.15) is 33.1 Å². The molecule has 0 saturated carbocycles. The lowest BCUT2D eigenvalue weighted by molar-refractivity contribution is -0.143. The van der Waals surface area contributed by atoms with Crippen LogP contribution in [0.5, 0.6) is 11.5 Å². The van der Waals surface area contributed by atoms with E-state index in [9.17, 15) is 9.59 Å². The molecule has 0 spiro atoms. The maximum atomic E-state index is 12.4. The molecule has 2 unspecified atom stereocenters. The van der Waals surface area contributed by atoms with Crippen molar-refractivity contribution in [2.24, 2.45) is 5.92 Å². The van der Waals surface area contributed by atoms with Crippen LogP contribution in [-0.4, -0.2) is 40.9 Å². The third-order valence-corrected chi connectivity index (χ3v) is 4.55. The summed E-state index contributed by atoms with van der Waals surface area (Å²) >= 11 is 0. The SMILES string of the molecule is CCC1(C)Oc2ccc(NC(=O)N3CCCC(C(=O)O)C3)cc2O1. The Kier molecular flexibility index (Phi) is 4.26. The Morgan fingerprint density at radius 2 is 2.12 bits per heavy atom. The molecular formula is C17H22N2O5. The molecule has 7 heteroatoms. The lowest BCUT2D eigenvalue weighted by Gasteiger charge is -2.30. The van der Waals surface area contributed by atoms with Crippen LogP contribution in [0.4, 0.5) is 10.5 Å². The highest BCUT2D eigenvalue weighted by molar-refractivity contribution is 5.90. The third-order valence-electron chi connectivity index (χ3n) is 4.55. The second kappa shape index (κ2) is 6.22. The van der Waals surface area contributed by atoms with E-state index in [1.54, 1.807) is 23.1 Å². The van der Waals surface area contributed by atoms with E-state index in [1.165, 1.54) is 0 Å². The minimum absolute atomic E-state index is 0.236. The lowest BCUT2D eigenvalue weighted by atomic mass is 9.99. The number of likely N-dealkylation sites (tertiary alicyclic amines) is 1. The fourth-order valence-corrected chi connectivity index (χ4v) is 2.95. The van der Waals surface area contributed by atoms with Gasteiger partial charge < -0.3 is 24.8 Å². The number of rotatable bonds is 3. The van der Waals surface area contributed by atoms with Gasteiger partial charge in [0, 0.05) is 38.2 Å². The number of hydrogen-bond donors (Lipinski definition) is 2. The molecule has 2 aliphatic rings. The van der Waals surface area contributed by atoms with E-state index in [0.717, 1.165) is 0 Å². The van der Waals surface area contributed by atoms with Crippen LogP contribution < -0.4 is 14.8 Å². The first-order valence-corrected chi connectivity index (χ1v) is 8.21. The molecule has 130 valence electrons. The van der Waals surface area contributed by atoms with Crippen LogP contribution in [0.15, 0.2) is 18.2 Å². The Hall–Kier alpha value is -2.44. The lowest BCUT2D eigenvalue weighted by Crippen LogP contribution is -2.44. The quantitative estimate of drug-likeness (QED) is 0.887. The summed E-state index contributed by atoms with van der Waals surface area (Å²) in [7, 11) is 0. The molecule has 2 N–H and O–H groups in total. The largest absolute Gasteiger partial charge is 0.481 e. The number of ether oxygens (including phenoxy) is 2. The molecule has 0 aromatic heterocycles. The topological polar surface area (TPSA) is 88.1 Å². The first-order valence-electron chi connectivity index (χ1n) is 8.21. The van der Waals surface area contributed by atoms with Gasteiger partial charge in [-0.3, -0.25) is 4.79 Å². The Balaban J connectivity index is 1.66. The highest BCUT2D eigenvalue weighted by Crippen LogP contribution is 2.42. The molecule has 1 fully saturated rings. The summed E-state index contributed by atoms with van der Waals surface area (Å²) in [5.41, 5.74) is 0.597. The number of carbonyl (C=O) groups is 2. The van der Waals surface area contributed by atoms with Gasteiger partial charge in [0.05, 0.1) is 5.92 Å². The molecule has 0 aliphatic carbocycles. The van der Waals surface area contributed by atoms with Crippen LogP contribution in [0.3, 0.4) is 0 Å². The van der Waals surface area contributed by atoms with Crippen molar-refractivity contribution in [1.82, 2.24) is 4.90 Å².